The maximum absolute atomic E-state index is 12.3. The van der Waals surface area contributed by atoms with Crippen molar-refractivity contribution in [2.24, 2.45) is 4.99 Å². The van der Waals surface area contributed by atoms with Gasteiger partial charge < -0.3 is 15.4 Å². The Labute approximate surface area is 194 Å². The van der Waals surface area contributed by atoms with E-state index < -0.39 is 10.8 Å². The lowest BCUT2D eigenvalue weighted by Gasteiger charge is -2.20. The quantitative estimate of drug-likeness (QED) is 0.291. The second kappa shape index (κ2) is 13.6. The van der Waals surface area contributed by atoms with Gasteiger partial charge in [0.25, 0.3) is 0 Å². The molecular formula is C22H32IN3O2S. The lowest BCUT2D eigenvalue weighted by atomic mass is 10.0. The maximum atomic E-state index is 12.3. The molecule has 29 heavy (non-hydrogen) atoms. The van der Waals surface area contributed by atoms with Gasteiger partial charge in [0, 0.05) is 34.4 Å². The van der Waals surface area contributed by atoms with E-state index in [0.717, 1.165) is 29.4 Å². The molecular weight excluding hydrogens is 497 g/mol. The van der Waals surface area contributed by atoms with Gasteiger partial charge in [-0.05, 0) is 32.4 Å². The second-order valence-electron chi connectivity index (χ2n) is 6.65. The molecule has 0 saturated carbocycles. The number of guanidine groups is 1. The number of aryl methyl sites for hydroxylation is 1. The number of hydrogen-bond donors (Lipinski definition) is 2. The summed E-state index contributed by atoms with van der Waals surface area (Å²) in [7, 11) is 0.752. The average molecular weight is 529 g/mol. The van der Waals surface area contributed by atoms with Gasteiger partial charge in [-0.2, -0.15) is 0 Å². The van der Waals surface area contributed by atoms with Crippen LogP contribution in [-0.2, 0) is 16.6 Å². The van der Waals surface area contributed by atoms with Crippen molar-refractivity contribution < 1.29 is 8.95 Å². The highest BCUT2D eigenvalue weighted by atomic mass is 127. The predicted octanol–water partition coefficient (Wildman–Crippen LogP) is 4.19. The van der Waals surface area contributed by atoms with E-state index in [2.05, 4.69) is 35.5 Å². The highest BCUT2D eigenvalue weighted by Crippen LogP contribution is 2.25. The first-order valence-electron chi connectivity index (χ1n) is 9.61. The fourth-order valence-electron chi connectivity index (χ4n) is 2.89. The number of halogens is 1. The highest BCUT2D eigenvalue weighted by Gasteiger charge is 2.13. The fraction of sp³-hybridized carbons (Fsp3) is 0.409. The molecule has 0 spiro atoms. The summed E-state index contributed by atoms with van der Waals surface area (Å²) in [5.74, 6) is 2.67. The molecule has 2 unspecified atom stereocenters. The molecule has 0 amide bonds. The van der Waals surface area contributed by atoms with Crippen molar-refractivity contribution in [3.63, 3.8) is 0 Å². The summed E-state index contributed by atoms with van der Waals surface area (Å²) in [6.07, 6.45) is 0. The molecule has 0 radical (unpaired) electrons. The van der Waals surface area contributed by atoms with Crippen LogP contribution in [0.3, 0.4) is 0 Å². The Kier molecular flexibility index (Phi) is 11.9. The molecule has 0 bridgehead atoms. The first-order valence-corrected chi connectivity index (χ1v) is 11.1. The van der Waals surface area contributed by atoms with Crippen LogP contribution in [0.25, 0.3) is 0 Å². The second-order valence-corrected chi connectivity index (χ2v) is 8.22. The van der Waals surface area contributed by atoms with E-state index in [4.69, 9.17) is 4.74 Å². The monoisotopic (exact) mass is 529 g/mol. The van der Waals surface area contributed by atoms with Crippen molar-refractivity contribution in [3.8, 4) is 5.75 Å². The van der Waals surface area contributed by atoms with Gasteiger partial charge in [-0.25, -0.2) is 0 Å². The molecule has 5 nitrogen and oxygen atoms in total. The van der Waals surface area contributed by atoms with Crippen LogP contribution in [0.5, 0.6) is 5.75 Å². The van der Waals surface area contributed by atoms with Gasteiger partial charge in [-0.15, -0.1) is 24.0 Å². The van der Waals surface area contributed by atoms with Crippen molar-refractivity contribution >= 4 is 40.7 Å². The van der Waals surface area contributed by atoms with Crippen LogP contribution in [-0.4, -0.2) is 36.1 Å². The van der Waals surface area contributed by atoms with Crippen LogP contribution >= 0.6 is 24.0 Å². The summed E-state index contributed by atoms with van der Waals surface area (Å²) in [4.78, 5) is 4.60. The van der Waals surface area contributed by atoms with Crippen LogP contribution in [0.1, 0.15) is 36.6 Å². The molecule has 160 valence electrons. The molecule has 0 fully saturated rings. The largest absolute Gasteiger partial charge is 0.496 e. The maximum Gasteiger partial charge on any atom is 0.191 e. The normalized spacial score (nSPS) is 13.2. The van der Waals surface area contributed by atoms with Crippen LogP contribution in [0.15, 0.2) is 53.5 Å². The van der Waals surface area contributed by atoms with Crippen LogP contribution in [0.2, 0.25) is 0 Å². The Hall–Kier alpha value is -1.61. The van der Waals surface area contributed by atoms with E-state index in [9.17, 15) is 4.21 Å². The minimum absolute atomic E-state index is 0. The number of benzene rings is 2. The molecule has 2 aromatic rings. The molecule has 0 aliphatic carbocycles. The SMILES string of the molecule is CCNC(=NCCS(=O)Cc1ccccc1)NC(C)c1cc(C)ccc1OC.I. The molecule has 0 saturated heterocycles. The molecule has 0 aliphatic rings. The number of nitrogens with one attached hydrogen (secondary N) is 2. The molecule has 0 aromatic heterocycles. The Balaban J connectivity index is 0.00000420. The smallest absolute Gasteiger partial charge is 0.191 e. The Morgan fingerprint density at radius 1 is 1.21 bits per heavy atom. The molecule has 2 atom stereocenters. The molecule has 2 rings (SSSR count). The lowest BCUT2D eigenvalue weighted by Crippen LogP contribution is -2.39. The number of ether oxygens (including phenoxy) is 1. The molecule has 2 aromatic carbocycles. The predicted molar refractivity (Wildman–Crippen MR) is 134 cm³/mol. The van der Waals surface area contributed by atoms with Gasteiger partial charge in [0.2, 0.25) is 0 Å². The molecule has 0 aliphatic heterocycles. The van der Waals surface area contributed by atoms with Crippen LogP contribution in [0, 0.1) is 6.92 Å². The fourth-order valence-corrected chi connectivity index (χ4v) is 3.89. The highest BCUT2D eigenvalue weighted by molar-refractivity contribution is 14.0. The first-order chi connectivity index (χ1) is 13.5. The van der Waals surface area contributed by atoms with Gasteiger partial charge >= 0.3 is 0 Å². The number of methoxy groups -OCH3 is 1. The minimum atomic E-state index is -0.931. The third-order valence-electron chi connectivity index (χ3n) is 4.31. The van der Waals surface area contributed by atoms with Gasteiger partial charge in [0.1, 0.15) is 5.75 Å². The minimum Gasteiger partial charge on any atom is -0.496 e. The standard InChI is InChI=1S/C22H31N3O2S.HI/c1-5-23-22(24-13-14-28(26)16-19-9-7-6-8-10-19)25-18(3)20-15-17(2)11-12-21(20)27-4;/h6-12,15,18H,5,13-14,16H2,1-4H3,(H2,23,24,25);1H. The summed E-state index contributed by atoms with van der Waals surface area (Å²) < 4.78 is 17.8. The van der Waals surface area contributed by atoms with Crippen molar-refractivity contribution in [2.75, 3.05) is 26.0 Å². The number of aliphatic imine (C=N–C) groups is 1. The topological polar surface area (TPSA) is 62.7 Å². The van der Waals surface area contributed by atoms with Gasteiger partial charge in [-0.3, -0.25) is 9.20 Å². The van der Waals surface area contributed by atoms with Crippen LogP contribution in [0.4, 0.5) is 0 Å². The zero-order valence-corrected chi connectivity index (χ0v) is 20.8. The van der Waals surface area contributed by atoms with Crippen LogP contribution < -0.4 is 15.4 Å². The van der Waals surface area contributed by atoms with E-state index in [1.54, 1.807) is 7.11 Å². The zero-order chi connectivity index (χ0) is 20.4. The lowest BCUT2D eigenvalue weighted by molar-refractivity contribution is 0.405. The summed E-state index contributed by atoms with van der Waals surface area (Å²) in [5.41, 5.74) is 3.36. The molecule has 2 N–H and O–H groups in total. The van der Waals surface area contributed by atoms with Gasteiger partial charge in [0.15, 0.2) is 5.96 Å². The zero-order valence-electron chi connectivity index (χ0n) is 17.6. The van der Waals surface area contributed by atoms with Crippen molar-refractivity contribution in [1.82, 2.24) is 10.6 Å². The number of hydrogen-bond acceptors (Lipinski definition) is 3. The Morgan fingerprint density at radius 2 is 1.93 bits per heavy atom. The molecule has 0 heterocycles. The number of rotatable bonds is 9. The first kappa shape index (κ1) is 25.4. The third kappa shape index (κ3) is 8.74. The third-order valence-corrected chi connectivity index (χ3v) is 5.60. The summed E-state index contributed by atoms with van der Waals surface area (Å²) in [6, 6.07) is 16.1. The van der Waals surface area contributed by atoms with Gasteiger partial charge in [0.05, 0.1) is 19.7 Å². The summed E-state index contributed by atoms with van der Waals surface area (Å²) in [6.45, 7) is 7.44. The van der Waals surface area contributed by atoms with E-state index in [1.165, 1.54) is 5.56 Å². The summed E-state index contributed by atoms with van der Waals surface area (Å²) >= 11 is 0. The Morgan fingerprint density at radius 3 is 2.59 bits per heavy atom. The van der Waals surface area contributed by atoms with Crippen molar-refractivity contribution in [1.29, 1.82) is 0 Å². The molecule has 7 heteroatoms. The van der Waals surface area contributed by atoms with E-state index in [1.807, 2.05) is 49.4 Å². The number of nitrogens with zero attached hydrogens (tertiary/aromatic N) is 1. The Bertz CT molecular complexity index is 800. The summed E-state index contributed by atoms with van der Waals surface area (Å²) in [5, 5.41) is 6.68. The van der Waals surface area contributed by atoms with Crippen molar-refractivity contribution in [2.45, 2.75) is 32.6 Å². The average Bonchev–Trinajstić information content (AvgIpc) is 2.68. The van der Waals surface area contributed by atoms with E-state index >= 15 is 0 Å². The van der Waals surface area contributed by atoms with E-state index in [0.29, 0.717) is 18.1 Å². The van der Waals surface area contributed by atoms with Crippen molar-refractivity contribution in [3.05, 3.63) is 65.2 Å². The van der Waals surface area contributed by atoms with Gasteiger partial charge in [-0.1, -0.05) is 48.0 Å². The van der Waals surface area contributed by atoms with E-state index in [-0.39, 0.29) is 30.0 Å².